The molecule has 174 valence electrons. The van der Waals surface area contributed by atoms with Gasteiger partial charge in [0, 0.05) is 19.0 Å². The summed E-state index contributed by atoms with van der Waals surface area (Å²) >= 11 is 0. The number of carbonyl (C=O) groups excluding carboxylic acids is 2. The molecular formula is C25H29N3O4S. The van der Waals surface area contributed by atoms with Crippen LogP contribution in [0.3, 0.4) is 0 Å². The lowest BCUT2D eigenvalue weighted by atomic mass is 10.1. The third-order valence-corrected chi connectivity index (χ3v) is 6.86. The van der Waals surface area contributed by atoms with Crippen molar-refractivity contribution in [2.45, 2.75) is 26.4 Å². The molecule has 0 saturated heterocycles. The fourth-order valence-electron chi connectivity index (χ4n) is 3.78. The summed E-state index contributed by atoms with van der Waals surface area (Å²) in [6, 6.07) is 19.6. The minimum atomic E-state index is -3.79. The van der Waals surface area contributed by atoms with Crippen LogP contribution in [0.2, 0.25) is 0 Å². The number of sulfonamides is 1. The minimum absolute atomic E-state index is 0.188. The van der Waals surface area contributed by atoms with Gasteiger partial charge in [-0.25, -0.2) is 8.42 Å². The maximum Gasteiger partial charge on any atom is 0.244 e. The molecular weight excluding hydrogens is 438 g/mol. The Bertz CT molecular complexity index is 1270. The molecule has 3 aromatic rings. The zero-order valence-corrected chi connectivity index (χ0v) is 20.1. The summed E-state index contributed by atoms with van der Waals surface area (Å²) in [7, 11) is -2.28. The fourth-order valence-corrected chi connectivity index (χ4v) is 4.64. The van der Waals surface area contributed by atoms with Crippen molar-refractivity contribution in [3.63, 3.8) is 0 Å². The first-order valence-corrected chi connectivity index (χ1v) is 12.5. The van der Waals surface area contributed by atoms with E-state index in [-0.39, 0.29) is 12.5 Å². The second-order valence-electron chi connectivity index (χ2n) is 8.01. The molecule has 1 atom stereocenters. The highest BCUT2D eigenvalue weighted by atomic mass is 32.2. The second-order valence-corrected chi connectivity index (χ2v) is 9.91. The molecule has 0 unspecified atom stereocenters. The van der Waals surface area contributed by atoms with Crippen LogP contribution >= 0.6 is 0 Å². The first kappa shape index (κ1) is 24.3. The smallest absolute Gasteiger partial charge is 0.244 e. The van der Waals surface area contributed by atoms with Crippen molar-refractivity contribution >= 4 is 38.3 Å². The van der Waals surface area contributed by atoms with Crippen molar-refractivity contribution in [2.75, 3.05) is 24.2 Å². The lowest BCUT2D eigenvalue weighted by Gasteiger charge is -2.32. The number of nitrogens with zero attached hydrogens (tertiary/aromatic N) is 2. The van der Waals surface area contributed by atoms with E-state index < -0.39 is 28.5 Å². The van der Waals surface area contributed by atoms with E-state index in [1.165, 1.54) is 11.9 Å². The Morgan fingerprint density at radius 2 is 1.61 bits per heavy atom. The first-order valence-electron chi connectivity index (χ1n) is 10.6. The van der Waals surface area contributed by atoms with Gasteiger partial charge in [0.1, 0.15) is 12.6 Å². The predicted octanol–water partition coefficient (Wildman–Crippen LogP) is 3.08. The molecule has 0 aromatic heterocycles. The van der Waals surface area contributed by atoms with Gasteiger partial charge in [-0.3, -0.25) is 13.9 Å². The highest BCUT2D eigenvalue weighted by Gasteiger charge is 2.30. The van der Waals surface area contributed by atoms with Crippen molar-refractivity contribution in [1.29, 1.82) is 0 Å². The maximum absolute atomic E-state index is 13.5. The van der Waals surface area contributed by atoms with E-state index in [1.807, 2.05) is 61.5 Å². The van der Waals surface area contributed by atoms with Crippen LogP contribution in [0, 0.1) is 6.92 Å². The number of aryl methyl sites for hydroxylation is 1. The van der Waals surface area contributed by atoms with Crippen molar-refractivity contribution in [2.24, 2.45) is 0 Å². The van der Waals surface area contributed by atoms with E-state index >= 15 is 0 Å². The lowest BCUT2D eigenvalue weighted by Crippen LogP contribution is -2.50. The Hall–Kier alpha value is -3.39. The van der Waals surface area contributed by atoms with Crippen LogP contribution in [0.25, 0.3) is 10.8 Å². The zero-order valence-electron chi connectivity index (χ0n) is 19.3. The molecule has 0 aliphatic heterocycles. The Kier molecular flexibility index (Phi) is 7.38. The average Bonchev–Trinajstić information content (AvgIpc) is 2.80. The maximum atomic E-state index is 13.5. The van der Waals surface area contributed by atoms with Crippen LogP contribution < -0.4 is 9.62 Å². The van der Waals surface area contributed by atoms with Crippen LogP contribution in [0.15, 0.2) is 66.7 Å². The molecule has 3 rings (SSSR count). The van der Waals surface area contributed by atoms with E-state index in [1.54, 1.807) is 19.1 Å². The molecule has 7 nitrogen and oxygen atoms in total. The molecule has 0 aliphatic rings. The van der Waals surface area contributed by atoms with Crippen LogP contribution in [0.5, 0.6) is 0 Å². The summed E-state index contributed by atoms with van der Waals surface area (Å²) < 4.78 is 26.7. The SMILES string of the molecule is CNC(=O)[C@H](C)N(Cc1ccccc1C)C(=O)CN(c1cccc2ccccc12)S(C)(=O)=O. The predicted molar refractivity (Wildman–Crippen MR) is 131 cm³/mol. The van der Waals surface area contributed by atoms with Gasteiger partial charge >= 0.3 is 0 Å². The quantitative estimate of drug-likeness (QED) is 0.552. The van der Waals surface area contributed by atoms with E-state index in [2.05, 4.69) is 5.32 Å². The summed E-state index contributed by atoms with van der Waals surface area (Å²) in [5, 5.41) is 4.17. The molecule has 2 amide bonds. The number of hydrogen-bond acceptors (Lipinski definition) is 4. The van der Waals surface area contributed by atoms with E-state index in [4.69, 9.17) is 0 Å². The minimum Gasteiger partial charge on any atom is -0.357 e. The highest BCUT2D eigenvalue weighted by molar-refractivity contribution is 7.92. The Morgan fingerprint density at radius 1 is 0.970 bits per heavy atom. The van der Waals surface area contributed by atoms with Crippen molar-refractivity contribution in [3.05, 3.63) is 77.9 Å². The molecule has 33 heavy (non-hydrogen) atoms. The number of carbonyl (C=O) groups is 2. The van der Waals surface area contributed by atoms with Gasteiger partial charge in [-0.15, -0.1) is 0 Å². The van der Waals surface area contributed by atoms with E-state index in [0.29, 0.717) is 5.69 Å². The molecule has 0 fully saturated rings. The molecule has 0 aliphatic carbocycles. The van der Waals surface area contributed by atoms with Crippen LogP contribution in [0.4, 0.5) is 5.69 Å². The summed E-state index contributed by atoms with van der Waals surface area (Å²) in [4.78, 5) is 27.4. The molecule has 1 N–H and O–H groups in total. The number of hydrogen-bond donors (Lipinski definition) is 1. The number of fused-ring (bicyclic) bond motifs is 1. The fraction of sp³-hybridized carbons (Fsp3) is 0.280. The molecule has 0 spiro atoms. The third kappa shape index (κ3) is 5.51. The molecule has 0 heterocycles. The third-order valence-electron chi connectivity index (χ3n) is 5.73. The number of amides is 2. The molecule has 3 aromatic carbocycles. The molecule has 0 bridgehead atoms. The van der Waals surface area contributed by atoms with Gasteiger partial charge in [-0.05, 0) is 36.4 Å². The summed E-state index contributed by atoms with van der Waals surface area (Å²) in [6.45, 7) is 3.34. The molecule has 0 radical (unpaired) electrons. The molecule has 0 saturated carbocycles. The normalized spacial score (nSPS) is 12.2. The van der Waals surface area contributed by atoms with E-state index in [0.717, 1.165) is 32.5 Å². The van der Waals surface area contributed by atoms with Gasteiger partial charge in [0.2, 0.25) is 21.8 Å². The topological polar surface area (TPSA) is 86.8 Å². The standard InChI is InChI=1S/C25H29N3O4S/c1-18-10-5-6-12-21(18)16-27(19(2)25(30)26-3)24(29)17-28(33(4,31)32)23-15-9-13-20-11-7-8-14-22(20)23/h5-15,19H,16-17H2,1-4H3,(H,26,30)/t19-/m0/s1. The Balaban J connectivity index is 2.01. The van der Waals surface area contributed by atoms with E-state index in [9.17, 15) is 18.0 Å². The van der Waals surface area contributed by atoms with Crippen molar-refractivity contribution < 1.29 is 18.0 Å². The number of rotatable bonds is 8. The van der Waals surface area contributed by atoms with Gasteiger partial charge in [0.05, 0.1) is 11.9 Å². The van der Waals surface area contributed by atoms with Crippen molar-refractivity contribution in [3.8, 4) is 0 Å². The second kappa shape index (κ2) is 10.0. The van der Waals surface area contributed by atoms with Crippen LogP contribution in [0.1, 0.15) is 18.1 Å². The van der Waals surface area contributed by atoms with Crippen LogP contribution in [-0.2, 0) is 26.2 Å². The van der Waals surface area contributed by atoms with Gasteiger partial charge < -0.3 is 10.2 Å². The lowest BCUT2D eigenvalue weighted by molar-refractivity contribution is -0.139. The van der Waals surface area contributed by atoms with Gasteiger partial charge in [0.15, 0.2) is 0 Å². The number of nitrogens with one attached hydrogen (secondary N) is 1. The van der Waals surface area contributed by atoms with Gasteiger partial charge in [-0.2, -0.15) is 0 Å². The summed E-state index contributed by atoms with van der Waals surface area (Å²) in [6.07, 6.45) is 1.08. The van der Waals surface area contributed by atoms with Crippen molar-refractivity contribution in [1.82, 2.24) is 10.2 Å². The summed E-state index contributed by atoms with van der Waals surface area (Å²) in [5.41, 5.74) is 2.29. The van der Waals surface area contributed by atoms with Gasteiger partial charge in [0.25, 0.3) is 0 Å². The Labute approximate surface area is 195 Å². The number of likely N-dealkylation sites (N-methyl/N-ethyl adjacent to an activating group) is 1. The first-order chi connectivity index (χ1) is 15.6. The largest absolute Gasteiger partial charge is 0.357 e. The molecule has 8 heteroatoms. The van der Waals surface area contributed by atoms with Crippen LogP contribution in [-0.4, -0.2) is 51.0 Å². The Morgan fingerprint density at radius 3 is 2.27 bits per heavy atom. The summed E-state index contributed by atoms with van der Waals surface area (Å²) in [5.74, 6) is -0.791. The zero-order chi connectivity index (χ0) is 24.2. The monoisotopic (exact) mass is 467 g/mol. The average molecular weight is 468 g/mol. The number of benzene rings is 3. The number of anilines is 1. The van der Waals surface area contributed by atoms with Gasteiger partial charge in [-0.1, -0.05) is 60.7 Å². The highest BCUT2D eigenvalue weighted by Crippen LogP contribution is 2.28.